The highest BCUT2D eigenvalue weighted by Gasteiger charge is 2.24. The van der Waals surface area contributed by atoms with Gasteiger partial charge in [-0.1, -0.05) is 32.0 Å². The summed E-state index contributed by atoms with van der Waals surface area (Å²) in [5.41, 5.74) is 0.253. The molecule has 0 spiro atoms. The van der Waals surface area contributed by atoms with Crippen LogP contribution >= 0.6 is 0 Å². The van der Waals surface area contributed by atoms with Crippen molar-refractivity contribution in [2.24, 2.45) is 0 Å². The normalized spacial score (nSPS) is 11.7. The van der Waals surface area contributed by atoms with Crippen molar-refractivity contribution in [3.8, 4) is 0 Å². The van der Waals surface area contributed by atoms with E-state index in [2.05, 4.69) is 0 Å². The number of benzene rings is 1. The molecule has 0 fully saturated rings. The molecule has 0 saturated heterocycles. The molecular formula is C16H25FN2O3S. The zero-order valence-corrected chi connectivity index (χ0v) is 14.8. The molecular weight excluding hydrogens is 319 g/mol. The van der Waals surface area contributed by atoms with E-state index >= 15 is 0 Å². The minimum atomic E-state index is -3.62. The number of nitrogens with zero attached hydrogens (tertiary/aromatic N) is 2. The molecule has 0 unspecified atom stereocenters. The third-order valence-corrected chi connectivity index (χ3v) is 4.62. The number of carbonyl (C=O) groups excluding carboxylic acids is 1. The molecule has 0 saturated carbocycles. The first-order chi connectivity index (χ1) is 10.8. The van der Waals surface area contributed by atoms with Gasteiger partial charge in [0.15, 0.2) is 0 Å². The number of halogens is 1. The van der Waals surface area contributed by atoms with E-state index in [0.29, 0.717) is 13.1 Å². The van der Waals surface area contributed by atoms with Gasteiger partial charge >= 0.3 is 0 Å². The molecule has 5 nitrogen and oxygen atoms in total. The maximum atomic E-state index is 13.8. The number of carbonyl (C=O) groups is 1. The van der Waals surface area contributed by atoms with Crippen LogP contribution in [0.1, 0.15) is 32.3 Å². The molecule has 7 heteroatoms. The SMILES string of the molecule is CCCN(CCC)C(=O)CN(Cc1ccccc1F)S(C)(=O)=O. The maximum Gasteiger partial charge on any atom is 0.237 e. The summed E-state index contributed by atoms with van der Waals surface area (Å²) in [5, 5.41) is 0. The monoisotopic (exact) mass is 344 g/mol. The minimum Gasteiger partial charge on any atom is -0.342 e. The lowest BCUT2D eigenvalue weighted by Gasteiger charge is -2.26. The van der Waals surface area contributed by atoms with Crippen LogP contribution in [0.4, 0.5) is 4.39 Å². The van der Waals surface area contributed by atoms with Gasteiger partial charge in [0.2, 0.25) is 15.9 Å². The van der Waals surface area contributed by atoms with E-state index in [0.717, 1.165) is 23.4 Å². The standard InChI is InChI=1S/C16H25FN2O3S/c1-4-10-18(11-5-2)16(20)13-19(23(3,21)22)12-14-8-6-7-9-15(14)17/h6-9H,4-5,10-13H2,1-3H3. The van der Waals surface area contributed by atoms with E-state index in [-0.39, 0.29) is 24.6 Å². The number of hydrogen-bond donors (Lipinski definition) is 0. The maximum absolute atomic E-state index is 13.8. The molecule has 0 heterocycles. The highest BCUT2D eigenvalue weighted by molar-refractivity contribution is 7.88. The molecule has 1 aromatic rings. The van der Waals surface area contributed by atoms with Gasteiger partial charge in [0.25, 0.3) is 0 Å². The van der Waals surface area contributed by atoms with E-state index in [1.165, 1.54) is 12.1 Å². The van der Waals surface area contributed by atoms with E-state index in [1.54, 1.807) is 17.0 Å². The minimum absolute atomic E-state index is 0.149. The Morgan fingerprint density at radius 3 is 2.17 bits per heavy atom. The molecule has 0 radical (unpaired) electrons. The van der Waals surface area contributed by atoms with E-state index in [9.17, 15) is 17.6 Å². The van der Waals surface area contributed by atoms with Crippen LogP contribution in [0.5, 0.6) is 0 Å². The van der Waals surface area contributed by atoms with Crippen molar-refractivity contribution >= 4 is 15.9 Å². The average Bonchev–Trinajstić information content (AvgIpc) is 2.47. The second kappa shape index (κ2) is 8.98. The van der Waals surface area contributed by atoms with Crippen molar-refractivity contribution in [3.63, 3.8) is 0 Å². The Labute approximate surface area is 138 Å². The largest absolute Gasteiger partial charge is 0.342 e. The van der Waals surface area contributed by atoms with Crippen molar-refractivity contribution in [1.82, 2.24) is 9.21 Å². The Morgan fingerprint density at radius 1 is 1.13 bits per heavy atom. The van der Waals surface area contributed by atoms with Crippen LogP contribution in [0.25, 0.3) is 0 Å². The first-order valence-corrected chi connectivity index (χ1v) is 9.60. The summed E-state index contributed by atoms with van der Waals surface area (Å²) in [6.45, 7) is 4.68. The van der Waals surface area contributed by atoms with Crippen LogP contribution < -0.4 is 0 Å². The van der Waals surface area contributed by atoms with Crippen LogP contribution in [0.15, 0.2) is 24.3 Å². The van der Waals surface area contributed by atoms with Crippen molar-refractivity contribution in [3.05, 3.63) is 35.6 Å². The van der Waals surface area contributed by atoms with E-state index < -0.39 is 15.8 Å². The molecule has 0 atom stereocenters. The van der Waals surface area contributed by atoms with Gasteiger partial charge in [0.05, 0.1) is 12.8 Å². The number of rotatable bonds is 9. The number of amides is 1. The van der Waals surface area contributed by atoms with Gasteiger partial charge in [-0.05, 0) is 18.9 Å². The molecule has 0 bridgehead atoms. The Bertz CT molecular complexity index is 614. The summed E-state index contributed by atoms with van der Waals surface area (Å²) < 4.78 is 38.7. The van der Waals surface area contributed by atoms with Gasteiger partial charge < -0.3 is 4.90 Å². The fourth-order valence-electron chi connectivity index (χ4n) is 2.26. The Balaban J connectivity index is 2.91. The topological polar surface area (TPSA) is 57.7 Å². The van der Waals surface area contributed by atoms with Crippen molar-refractivity contribution in [2.75, 3.05) is 25.9 Å². The van der Waals surface area contributed by atoms with Gasteiger partial charge in [-0.2, -0.15) is 4.31 Å². The van der Waals surface area contributed by atoms with Crippen molar-refractivity contribution in [2.45, 2.75) is 33.2 Å². The molecule has 0 aliphatic heterocycles. The summed E-state index contributed by atoms with van der Waals surface area (Å²) in [6, 6.07) is 5.98. The van der Waals surface area contributed by atoms with Gasteiger partial charge in [-0.3, -0.25) is 4.79 Å². The van der Waals surface area contributed by atoms with E-state index in [1.807, 2.05) is 13.8 Å². The molecule has 1 amide bonds. The summed E-state index contributed by atoms with van der Waals surface area (Å²) in [6.07, 6.45) is 2.64. The zero-order chi connectivity index (χ0) is 17.5. The van der Waals surface area contributed by atoms with Crippen LogP contribution in [0, 0.1) is 5.82 Å². The first kappa shape index (κ1) is 19.6. The third-order valence-electron chi connectivity index (χ3n) is 3.42. The van der Waals surface area contributed by atoms with Gasteiger partial charge in [-0.25, -0.2) is 12.8 Å². The fraction of sp³-hybridized carbons (Fsp3) is 0.562. The Hall–Kier alpha value is -1.47. The first-order valence-electron chi connectivity index (χ1n) is 7.75. The zero-order valence-electron chi connectivity index (χ0n) is 14.0. The second-order valence-corrected chi connectivity index (χ2v) is 7.49. The third kappa shape index (κ3) is 6.27. The lowest BCUT2D eigenvalue weighted by molar-refractivity contribution is -0.131. The van der Waals surface area contributed by atoms with Crippen molar-refractivity contribution in [1.29, 1.82) is 0 Å². The van der Waals surface area contributed by atoms with Crippen LogP contribution in [0.2, 0.25) is 0 Å². The molecule has 23 heavy (non-hydrogen) atoms. The predicted molar refractivity (Wildman–Crippen MR) is 88.8 cm³/mol. The smallest absolute Gasteiger partial charge is 0.237 e. The molecule has 0 aliphatic rings. The lowest BCUT2D eigenvalue weighted by atomic mass is 10.2. The molecule has 1 aromatic carbocycles. The summed E-state index contributed by atoms with van der Waals surface area (Å²) >= 11 is 0. The van der Waals surface area contributed by atoms with Gasteiger partial charge in [0, 0.05) is 25.2 Å². The van der Waals surface area contributed by atoms with Crippen molar-refractivity contribution < 1.29 is 17.6 Å². The summed E-state index contributed by atoms with van der Waals surface area (Å²) in [5.74, 6) is -0.733. The Kier molecular flexibility index (Phi) is 7.64. The summed E-state index contributed by atoms with van der Waals surface area (Å²) in [4.78, 5) is 14.0. The predicted octanol–water partition coefficient (Wildman–Crippen LogP) is 2.24. The molecule has 130 valence electrons. The summed E-state index contributed by atoms with van der Waals surface area (Å²) in [7, 11) is -3.62. The van der Waals surface area contributed by atoms with Gasteiger partial charge in [0.1, 0.15) is 5.82 Å². The molecule has 0 N–H and O–H groups in total. The van der Waals surface area contributed by atoms with Gasteiger partial charge in [-0.15, -0.1) is 0 Å². The van der Waals surface area contributed by atoms with Crippen LogP contribution in [-0.4, -0.2) is 49.4 Å². The van der Waals surface area contributed by atoms with Crippen LogP contribution in [0.3, 0.4) is 0 Å². The second-order valence-electron chi connectivity index (χ2n) is 5.50. The Morgan fingerprint density at radius 2 is 1.70 bits per heavy atom. The number of sulfonamides is 1. The molecule has 1 rings (SSSR count). The highest BCUT2D eigenvalue weighted by atomic mass is 32.2. The molecule has 0 aromatic heterocycles. The van der Waals surface area contributed by atoms with E-state index in [4.69, 9.17) is 0 Å². The highest BCUT2D eigenvalue weighted by Crippen LogP contribution is 2.13. The average molecular weight is 344 g/mol. The molecule has 0 aliphatic carbocycles. The fourth-order valence-corrected chi connectivity index (χ4v) is 2.98. The number of hydrogen-bond acceptors (Lipinski definition) is 3. The quantitative estimate of drug-likeness (QED) is 0.690. The lowest BCUT2D eigenvalue weighted by Crippen LogP contribution is -2.43. The van der Waals surface area contributed by atoms with Crippen LogP contribution in [-0.2, 0) is 21.4 Å².